The van der Waals surface area contributed by atoms with E-state index in [-0.39, 0.29) is 24.6 Å². The number of rotatable bonds is 5. The Bertz CT molecular complexity index is 1130. The maximum atomic E-state index is 13.1. The number of hydrogen-bond donors (Lipinski definition) is 0. The van der Waals surface area contributed by atoms with Crippen LogP contribution in [0.1, 0.15) is 11.3 Å². The van der Waals surface area contributed by atoms with E-state index in [4.69, 9.17) is 4.42 Å². The molecule has 0 saturated heterocycles. The number of amides is 1. The zero-order chi connectivity index (χ0) is 18.8. The standard InChI is InChI=1S/C20H17N3O3S/c1-14-4-6-15(7-5-14)23(11-16-3-2-9-26-16)18(24)12-22-13-21-19-17(20(22)25)8-10-27-19/h2-10,13H,11-12H2,1H3. The van der Waals surface area contributed by atoms with Crippen molar-refractivity contribution < 1.29 is 9.21 Å². The lowest BCUT2D eigenvalue weighted by Crippen LogP contribution is -2.36. The Balaban J connectivity index is 1.65. The number of carbonyl (C=O) groups excluding carboxylic acids is 1. The first-order valence-electron chi connectivity index (χ1n) is 8.44. The molecule has 0 unspecified atom stereocenters. The highest BCUT2D eigenvalue weighted by atomic mass is 32.1. The number of aromatic nitrogens is 2. The number of benzene rings is 1. The number of thiophene rings is 1. The third-order valence-corrected chi connectivity index (χ3v) is 5.12. The first-order chi connectivity index (χ1) is 13.1. The Kier molecular flexibility index (Phi) is 4.60. The fourth-order valence-corrected chi connectivity index (χ4v) is 3.57. The Hall–Kier alpha value is -3.19. The summed E-state index contributed by atoms with van der Waals surface area (Å²) in [7, 11) is 0. The molecule has 6 nitrogen and oxygen atoms in total. The molecule has 7 heteroatoms. The highest BCUT2D eigenvalue weighted by molar-refractivity contribution is 7.16. The highest BCUT2D eigenvalue weighted by Gasteiger charge is 2.19. The SMILES string of the molecule is Cc1ccc(N(Cc2ccco2)C(=O)Cn2cnc3sccc3c2=O)cc1. The van der Waals surface area contributed by atoms with Gasteiger partial charge in [-0.25, -0.2) is 4.98 Å². The van der Waals surface area contributed by atoms with Crippen molar-refractivity contribution in [1.82, 2.24) is 9.55 Å². The van der Waals surface area contributed by atoms with E-state index in [1.165, 1.54) is 22.2 Å². The molecule has 1 amide bonds. The molecule has 3 heterocycles. The minimum Gasteiger partial charge on any atom is -0.467 e. The van der Waals surface area contributed by atoms with Crippen molar-refractivity contribution in [2.45, 2.75) is 20.0 Å². The summed E-state index contributed by atoms with van der Waals surface area (Å²) in [6.07, 6.45) is 3.01. The first kappa shape index (κ1) is 17.2. The van der Waals surface area contributed by atoms with Gasteiger partial charge in [0.2, 0.25) is 5.91 Å². The van der Waals surface area contributed by atoms with E-state index >= 15 is 0 Å². The molecule has 0 fully saturated rings. The maximum Gasteiger partial charge on any atom is 0.262 e. The van der Waals surface area contributed by atoms with Gasteiger partial charge >= 0.3 is 0 Å². The van der Waals surface area contributed by atoms with E-state index in [1.807, 2.05) is 42.6 Å². The lowest BCUT2D eigenvalue weighted by molar-refractivity contribution is -0.119. The van der Waals surface area contributed by atoms with E-state index in [9.17, 15) is 9.59 Å². The second-order valence-electron chi connectivity index (χ2n) is 6.21. The molecule has 1 aromatic carbocycles. The number of fused-ring (bicyclic) bond motifs is 1. The van der Waals surface area contributed by atoms with Crippen LogP contribution in [0.3, 0.4) is 0 Å². The molecule has 4 aromatic rings. The molecule has 0 atom stereocenters. The van der Waals surface area contributed by atoms with Gasteiger partial charge in [0.25, 0.3) is 5.56 Å². The number of nitrogens with zero attached hydrogens (tertiary/aromatic N) is 3. The number of hydrogen-bond acceptors (Lipinski definition) is 5. The van der Waals surface area contributed by atoms with Crippen LogP contribution in [-0.4, -0.2) is 15.5 Å². The molecule has 4 rings (SSSR count). The van der Waals surface area contributed by atoms with Crippen molar-refractivity contribution in [3.8, 4) is 0 Å². The molecule has 0 aliphatic rings. The zero-order valence-electron chi connectivity index (χ0n) is 14.7. The summed E-state index contributed by atoms with van der Waals surface area (Å²) in [4.78, 5) is 32.2. The van der Waals surface area contributed by atoms with Crippen LogP contribution in [0, 0.1) is 6.92 Å². The number of carbonyl (C=O) groups is 1. The summed E-state index contributed by atoms with van der Waals surface area (Å²) in [5, 5.41) is 2.35. The Morgan fingerprint density at radius 2 is 2.04 bits per heavy atom. The van der Waals surface area contributed by atoms with Gasteiger partial charge in [0, 0.05) is 5.69 Å². The van der Waals surface area contributed by atoms with Gasteiger partial charge in [0.1, 0.15) is 17.1 Å². The molecule has 0 N–H and O–H groups in total. The molecule has 0 bridgehead atoms. The molecule has 27 heavy (non-hydrogen) atoms. The largest absolute Gasteiger partial charge is 0.467 e. The number of anilines is 1. The van der Waals surface area contributed by atoms with Gasteiger partial charge in [-0.3, -0.25) is 14.2 Å². The average molecular weight is 379 g/mol. The monoisotopic (exact) mass is 379 g/mol. The second kappa shape index (κ2) is 7.20. The van der Waals surface area contributed by atoms with Crippen molar-refractivity contribution in [2.24, 2.45) is 0 Å². The van der Waals surface area contributed by atoms with E-state index in [2.05, 4.69) is 4.98 Å². The fraction of sp³-hybridized carbons (Fsp3) is 0.150. The zero-order valence-corrected chi connectivity index (χ0v) is 15.5. The minimum atomic E-state index is -0.214. The lowest BCUT2D eigenvalue weighted by atomic mass is 10.2. The predicted molar refractivity (Wildman–Crippen MR) is 105 cm³/mol. The van der Waals surface area contributed by atoms with Gasteiger partial charge in [-0.05, 0) is 42.6 Å². The third kappa shape index (κ3) is 3.54. The van der Waals surface area contributed by atoms with Crippen LogP contribution >= 0.6 is 11.3 Å². The van der Waals surface area contributed by atoms with Gasteiger partial charge in [0.05, 0.1) is 24.5 Å². The Morgan fingerprint density at radius 3 is 2.78 bits per heavy atom. The second-order valence-corrected chi connectivity index (χ2v) is 7.11. The molecule has 136 valence electrons. The molecule has 3 aromatic heterocycles. The van der Waals surface area contributed by atoms with Crippen molar-refractivity contribution in [3.05, 3.63) is 82.1 Å². The molecule has 0 saturated carbocycles. The van der Waals surface area contributed by atoms with Crippen LogP contribution in [0.15, 0.2) is 69.6 Å². The van der Waals surface area contributed by atoms with Crippen LogP contribution in [0.25, 0.3) is 10.2 Å². The Morgan fingerprint density at radius 1 is 1.22 bits per heavy atom. The number of aryl methyl sites for hydroxylation is 1. The predicted octanol–water partition coefficient (Wildman–Crippen LogP) is 3.59. The first-order valence-corrected chi connectivity index (χ1v) is 9.32. The van der Waals surface area contributed by atoms with Crippen LogP contribution in [0.4, 0.5) is 5.69 Å². The Labute approximate surface area is 159 Å². The summed E-state index contributed by atoms with van der Waals surface area (Å²) in [5.41, 5.74) is 1.64. The van der Waals surface area contributed by atoms with Crippen molar-refractivity contribution in [3.63, 3.8) is 0 Å². The van der Waals surface area contributed by atoms with E-state index in [0.29, 0.717) is 16.0 Å². The quantitative estimate of drug-likeness (QED) is 0.531. The summed E-state index contributed by atoms with van der Waals surface area (Å²) in [6, 6.07) is 13.0. The normalized spacial score (nSPS) is 11.0. The van der Waals surface area contributed by atoms with Gasteiger partial charge < -0.3 is 9.32 Å². The highest BCUT2D eigenvalue weighted by Crippen LogP contribution is 2.19. The molecule has 0 aliphatic heterocycles. The molecular formula is C20H17N3O3S. The van der Waals surface area contributed by atoms with Crippen LogP contribution < -0.4 is 10.5 Å². The minimum absolute atomic E-state index is 0.0911. The summed E-state index contributed by atoms with van der Waals surface area (Å²) in [5.74, 6) is 0.455. The van der Waals surface area contributed by atoms with Crippen LogP contribution in [-0.2, 0) is 17.9 Å². The average Bonchev–Trinajstić information content (AvgIpc) is 3.34. The third-order valence-electron chi connectivity index (χ3n) is 4.30. The molecule has 0 radical (unpaired) electrons. The van der Waals surface area contributed by atoms with E-state index in [0.717, 1.165) is 11.3 Å². The van der Waals surface area contributed by atoms with Crippen molar-refractivity contribution in [2.75, 3.05) is 4.90 Å². The topological polar surface area (TPSA) is 68.3 Å². The van der Waals surface area contributed by atoms with Gasteiger partial charge in [0.15, 0.2) is 0 Å². The summed E-state index contributed by atoms with van der Waals surface area (Å²) >= 11 is 1.40. The molecular weight excluding hydrogens is 362 g/mol. The van der Waals surface area contributed by atoms with Crippen LogP contribution in [0.5, 0.6) is 0 Å². The molecule has 0 spiro atoms. The van der Waals surface area contributed by atoms with Gasteiger partial charge in [-0.2, -0.15) is 0 Å². The van der Waals surface area contributed by atoms with Gasteiger partial charge in [-0.15, -0.1) is 11.3 Å². The number of furan rings is 1. The summed E-state index contributed by atoms with van der Waals surface area (Å²) < 4.78 is 6.76. The van der Waals surface area contributed by atoms with E-state index < -0.39 is 0 Å². The smallest absolute Gasteiger partial charge is 0.262 e. The maximum absolute atomic E-state index is 13.1. The fourth-order valence-electron chi connectivity index (χ4n) is 2.84. The lowest BCUT2D eigenvalue weighted by Gasteiger charge is -2.22. The van der Waals surface area contributed by atoms with Crippen molar-refractivity contribution in [1.29, 1.82) is 0 Å². The van der Waals surface area contributed by atoms with Crippen LogP contribution in [0.2, 0.25) is 0 Å². The molecule has 0 aliphatic carbocycles. The summed E-state index contributed by atoms with van der Waals surface area (Å²) in [6.45, 7) is 2.19. The van der Waals surface area contributed by atoms with Gasteiger partial charge in [-0.1, -0.05) is 17.7 Å². The van der Waals surface area contributed by atoms with E-state index in [1.54, 1.807) is 23.3 Å². The van der Waals surface area contributed by atoms with Crippen molar-refractivity contribution >= 4 is 33.1 Å².